The van der Waals surface area contributed by atoms with Gasteiger partial charge in [0.05, 0.1) is 18.0 Å². The molecule has 0 atom stereocenters. The first kappa shape index (κ1) is 16.2. The lowest BCUT2D eigenvalue weighted by Gasteiger charge is -2.08. The van der Waals surface area contributed by atoms with E-state index in [1.807, 2.05) is 0 Å². The van der Waals surface area contributed by atoms with Crippen LogP contribution in [0.3, 0.4) is 0 Å². The zero-order valence-corrected chi connectivity index (χ0v) is 16.4. The van der Waals surface area contributed by atoms with Crippen LogP contribution in [0.15, 0.2) is 48.5 Å². The van der Waals surface area contributed by atoms with Crippen molar-refractivity contribution in [3.05, 3.63) is 65.4 Å². The first-order chi connectivity index (χ1) is 13.1. The molecule has 3 nitrogen and oxygen atoms in total. The van der Waals surface area contributed by atoms with E-state index < -0.39 is 0 Å². The zero-order chi connectivity index (χ0) is 18.7. The Kier molecular flexibility index (Phi) is 3.48. The van der Waals surface area contributed by atoms with E-state index in [2.05, 4.69) is 85.3 Å². The predicted molar refractivity (Wildman–Crippen MR) is 112 cm³/mol. The van der Waals surface area contributed by atoms with Crippen molar-refractivity contribution in [1.82, 2.24) is 9.38 Å². The van der Waals surface area contributed by atoms with Crippen LogP contribution in [0.5, 0.6) is 0 Å². The molecule has 134 valence electrons. The van der Waals surface area contributed by atoms with Crippen molar-refractivity contribution in [2.45, 2.75) is 33.6 Å². The highest BCUT2D eigenvalue weighted by Crippen LogP contribution is 2.32. The molecule has 0 saturated heterocycles. The van der Waals surface area contributed by atoms with Crippen LogP contribution in [-0.4, -0.2) is 9.38 Å². The minimum Gasteiger partial charge on any atom is -0.252 e. The molecule has 0 fully saturated rings. The number of benzene rings is 2. The fraction of sp³-hybridized carbons (Fsp3) is 0.250. The number of para-hydroxylation sites is 1. The highest BCUT2D eigenvalue weighted by atomic mass is 15.1. The number of pyridine rings is 2. The maximum Gasteiger partial charge on any atom is 0.297 e. The Morgan fingerprint density at radius 3 is 2.56 bits per heavy atom. The third kappa shape index (κ3) is 2.14. The van der Waals surface area contributed by atoms with E-state index in [4.69, 9.17) is 4.98 Å². The fourth-order valence-corrected chi connectivity index (χ4v) is 4.42. The molecular formula is C24H24N3+. The summed E-state index contributed by atoms with van der Waals surface area (Å²) in [6, 6.07) is 17.7. The van der Waals surface area contributed by atoms with Gasteiger partial charge >= 0.3 is 0 Å². The molecule has 3 aromatic heterocycles. The quantitative estimate of drug-likeness (QED) is 0.321. The predicted octanol–water partition coefficient (Wildman–Crippen LogP) is 5.05. The summed E-state index contributed by atoms with van der Waals surface area (Å²) in [4.78, 5) is 5.05. The molecule has 3 heterocycles. The second-order valence-corrected chi connectivity index (χ2v) is 7.42. The van der Waals surface area contributed by atoms with Crippen molar-refractivity contribution in [2.24, 2.45) is 7.05 Å². The third-order valence-corrected chi connectivity index (χ3v) is 5.84. The molecule has 0 saturated carbocycles. The summed E-state index contributed by atoms with van der Waals surface area (Å²) in [5.41, 5.74) is 9.89. The van der Waals surface area contributed by atoms with Crippen LogP contribution in [0.4, 0.5) is 0 Å². The first-order valence-corrected chi connectivity index (χ1v) is 9.78. The summed E-state index contributed by atoms with van der Waals surface area (Å²) in [7, 11) is 2.17. The Bertz CT molecular complexity index is 1360. The van der Waals surface area contributed by atoms with E-state index >= 15 is 0 Å². The topological polar surface area (TPSA) is 21.2 Å². The summed E-state index contributed by atoms with van der Waals surface area (Å²) < 4.78 is 4.75. The van der Waals surface area contributed by atoms with Gasteiger partial charge in [0.25, 0.3) is 5.65 Å². The standard InChI is InChI=1S/C24H24N3/c1-5-16-11-12-20-21(14-16)27-19-10-8-7-9-18(19)23-22(24(27)26(20)4)15(3)13-17(6-2)25-23/h7-14H,5-6H2,1-4H3/q+1. The molecule has 0 aliphatic heterocycles. The number of imidazole rings is 1. The van der Waals surface area contributed by atoms with Gasteiger partial charge in [0.15, 0.2) is 11.0 Å². The van der Waals surface area contributed by atoms with E-state index in [1.54, 1.807) is 0 Å². The molecule has 5 aromatic rings. The molecule has 0 aliphatic rings. The van der Waals surface area contributed by atoms with Gasteiger partial charge in [-0.05, 0) is 61.2 Å². The van der Waals surface area contributed by atoms with Gasteiger partial charge in [-0.25, -0.2) is 4.57 Å². The Labute approximate surface area is 158 Å². The Morgan fingerprint density at radius 2 is 1.78 bits per heavy atom. The van der Waals surface area contributed by atoms with Crippen LogP contribution in [0.25, 0.3) is 38.5 Å². The van der Waals surface area contributed by atoms with Crippen molar-refractivity contribution in [2.75, 3.05) is 0 Å². The Morgan fingerprint density at radius 1 is 0.963 bits per heavy atom. The molecule has 0 bridgehead atoms. The van der Waals surface area contributed by atoms with Crippen molar-refractivity contribution < 1.29 is 4.57 Å². The van der Waals surface area contributed by atoms with Gasteiger partial charge in [0, 0.05) is 11.1 Å². The van der Waals surface area contributed by atoms with Crippen LogP contribution in [0.1, 0.15) is 30.7 Å². The molecule has 0 unspecified atom stereocenters. The van der Waals surface area contributed by atoms with E-state index in [9.17, 15) is 0 Å². The van der Waals surface area contributed by atoms with Gasteiger partial charge < -0.3 is 0 Å². The average molecular weight is 354 g/mol. The van der Waals surface area contributed by atoms with Crippen LogP contribution in [-0.2, 0) is 19.9 Å². The molecule has 0 amide bonds. The van der Waals surface area contributed by atoms with E-state index in [0.717, 1.165) is 24.1 Å². The summed E-state index contributed by atoms with van der Waals surface area (Å²) in [6.07, 6.45) is 1.99. The molecule has 3 heteroatoms. The SMILES string of the molecule is CCc1ccc2c(c1)n1c3ccccc3c3nc(CC)cc(C)c3c1[n+]2C. The number of aryl methyl sites for hydroxylation is 4. The number of fused-ring (bicyclic) bond motifs is 8. The molecule has 5 rings (SSSR count). The lowest BCUT2D eigenvalue weighted by molar-refractivity contribution is -0.617. The Hall–Kier alpha value is -2.94. The van der Waals surface area contributed by atoms with Crippen molar-refractivity contribution in [3.63, 3.8) is 0 Å². The van der Waals surface area contributed by atoms with Crippen LogP contribution < -0.4 is 4.57 Å². The number of hydrogen-bond donors (Lipinski definition) is 0. The molecule has 0 spiro atoms. The number of aromatic nitrogens is 3. The molecule has 0 aliphatic carbocycles. The monoisotopic (exact) mass is 354 g/mol. The van der Waals surface area contributed by atoms with Crippen LogP contribution in [0, 0.1) is 6.92 Å². The largest absolute Gasteiger partial charge is 0.297 e. The number of hydrogen-bond acceptors (Lipinski definition) is 1. The maximum atomic E-state index is 5.05. The first-order valence-electron chi connectivity index (χ1n) is 9.78. The number of nitrogens with zero attached hydrogens (tertiary/aromatic N) is 3. The van der Waals surface area contributed by atoms with Crippen molar-refractivity contribution in [1.29, 1.82) is 0 Å². The summed E-state index contributed by atoms with van der Waals surface area (Å²) >= 11 is 0. The van der Waals surface area contributed by atoms with E-state index in [-0.39, 0.29) is 0 Å². The van der Waals surface area contributed by atoms with Crippen molar-refractivity contribution >= 4 is 38.5 Å². The molecule has 0 radical (unpaired) electrons. The zero-order valence-electron chi connectivity index (χ0n) is 16.4. The van der Waals surface area contributed by atoms with Gasteiger partial charge in [0.2, 0.25) is 0 Å². The van der Waals surface area contributed by atoms with Gasteiger partial charge in [-0.2, -0.15) is 4.40 Å². The number of rotatable bonds is 2. The average Bonchev–Trinajstić information content (AvgIpc) is 3.00. The Balaban J connectivity index is 2.17. The molecular weight excluding hydrogens is 330 g/mol. The minimum absolute atomic E-state index is 0.950. The smallest absolute Gasteiger partial charge is 0.252 e. The molecule has 2 aromatic carbocycles. The fourth-order valence-electron chi connectivity index (χ4n) is 4.42. The molecule has 0 N–H and O–H groups in total. The summed E-state index contributed by atoms with van der Waals surface area (Å²) in [6.45, 7) is 6.60. The van der Waals surface area contributed by atoms with Gasteiger partial charge in [-0.1, -0.05) is 32.0 Å². The normalized spacial score (nSPS) is 12.0. The molecule has 27 heavy (non-hydrogen) atoms. The van der Waals surface area contributed by atoms with E-state index in [1.165, 1.54) is 44.1 Å². The van der Waals surface area contributed by atoms with Crippen LogP contribution in [0.2, 0.25) is 0 Å². The summed E-state index contributed by atoms with van der Waals surface area (Å²) in [5, 5.41) is 2.47. The second kappa shape index (κ2) is 5.78. The van der Waals surface area contributed by atoms with Gasteiger partial charge in [0.1, 0.15) is 5.52 Å². The highest BCUT2D eigenvalue weighted by molar-refractivity contribution is 6.11. The van der Waals surface area contributed by atoms with Crippen LogP contribution >= 0.6 is 0 Å². The van der Waals surface area contributed by atoms with Gasteiger partial charge in [-0.3, -0.25) is 4.98 Å². The lowest BCUT2D eigenvalue weighted by atomic mass is 10.1. The highest BCUT2D eigenvalue weighted by Gasteiger charge is 2.25. The van der Waals surface area contributed by atoms with Crippen molar-refractivity contribution in [3.8, 4) is 0 Å². The summed E-state index contributed by atoms with van der Waals surface area (Å²) in [5.74, 6) is 0. The minimum atomic E-state index is 0.950. The third-order valence-electron chi connectivity index (χ3n) is 5.84. The van der Waals surface area contributed by atoms with E-state index in [0.29, 0.717) is 0 Å². The lowest BCUT2D eigenvalue weighted by Crippen LogP contribution is -2.27. The second-order valence-electron chi connectivity index (χ2n) is 7.42. The maximum absolute atomic E-state index is 5.05. The van der Waals surface area contributed by atoms with Gasteiger partial charge in [-0.15, -0.1) is 0 Å².